The van der Waals surface area contributed by atoms with Crippen molar-refractivity contribution in [1.82, 2.24) is 0 Å². The van der Waals surface area contributed by atoms with Gasteiger partial charge in [-0.3, -0.25) is 9.59 Å². The van der Waals surface area contributed by atoms with E-state index in [9.17, 15) is 29.4 Å². The lowest BCUT2D eigenvalue weighted by atomic mass is 10.2. The molecule has 0 aliphatic carbocycles. The summed E-state index contributed by atoms with van der Waals surface area (Å²) in [6, 6.07) is 0. The molecule has 0 saturated heterocycles. The van der Waals surface area contributed by atoms with Crippen LogP contribution < -0.4 is 10.2 Å². The minimum Gasteiger partial charge on any atom is -0.550 e. The summed E-state index contributed by atoms with van der Waals surface area (Å²) in [5.41, 5.74) is 0. The molecular formula is C50H72O8-2. The number of ether oxygens (including phenoxy) is 2. The van der Waals surface area contributed by atoms with Crippen LogP contribution in [0.15, 0.2) is 134 Å². The molecule has 0 bridgehead atoms. The van der Waals surface area contributed by atoms with E-state index in [0.29, 0.717) is 13.2 Å². The van der Waals surface area contributed by atoms with Crippen LogP contribution in [0.2, 0.25) is 0 Å². The Balaban J connectivity index is 0. The number of allylic oxidation sites excluding steroid dienone is 22. The molecule has 0 unspecified atom stereocenters. The molecule has 0 atom stereocenters. The third-order valence-corrected chi connectivity index (χ3v) is 7.63. The second kappa shape index (κ2) is 48.2. The van der Waals surface area contributed by atoms with E-state index >= 15 is 0 Å². The molecule has 0 spiro atoms. The number of hydrogen-bond acceptors (Lipinski definition) is 8. The Morgan fingerprint density at radius 2 is 0.603 bits per heavy atom. The van der Waals surface area contributed by atoms with Gasteiger partial charge >= 0.3 is 11.9 Å². The molecule has 0 heterocycles. The lowest BCUT2D eigenvalue weighted by Gasteiger charge is -2.04. The van der Waals surface area contributed by atoms with Gasteiger partial charge in [-0.05, 0) is 116 Å². The smallest absolute Gasteiger partial charge is 0.306 e. The first-order valence-corrected chi connectivity index (χ1v) is 21.2. The summed E-state index contributed by atoms with van der Waals surface area (Å²) in [6.45, 7) is 4.95. The highest BCUT2D eigenvalue weighted by atomic mass is 16.5. The maximum atomic E-state index is 11.2. The molecule has 0 aliphatic heterocycles. The van der Waals surface area contributed by atoms with Crippen molar-refractivity contribution in [3.8, 4) is 0 Å². The minimum absolute atomic E-state index is 0.114. The quantitative estimate of drug-likeness (QED) is 0.0351. The monoisotopic (exact) mass is 801 g/mol. The van der Waals surface area contributed by atoms with Crippen molar-refractivity contribution >= 4 is 23.9 Å². The Bertz CT molecular complexity index is 1350. The zero-order valence-electron chi connectivity index (χ0n) is 35.5. The van der Waals surface area contributed by atoms with Gasteiger partial charge in [-0.15, -0.1) is 0 Å². The molecule has 0 aromatic carbocycles. The minimum atomic E-state index is -1.23. The molecule has 0 radical (unpaired) electrons. The van der Waals surface area contributed by atoms with Crippen LogP contribution in [0.25, 0.3) is 0 Å². The summed E-state index contributed by atoms with van der Waals surface area (Å²) in [7, 11) is 0. The number of carboxylic acid groups (broad SMARTS) is 2. The standard InChI is InChI=1S/C26H38O4.C24H36O4/c1-2-3-4-5-6-7-8-9-10-11-12-13-14-15-16-17-18-19-20-21-24-30-26(29)23-22-25(27)28;1-2-3-4-5-6-7-8-9-10-11-12-13-14-15-16-17-18-19-22-28-24(27)21-20-23(25)26/h3-4,6-7,9-10,12-13,15-16,18-19H,2,5,8,11,14,17,20-24H2,1H3,(H,27,28);3-4,6-7,9-10,12-13,15-16H,2,5,8,11,14,17-22H2,1H3,(H,25,26)/p-2/b4-3-,7-6-,10-9-,13-12-,16-15-,19-18-;4-3-,7-6-,10-9-,13-12-,16-15-. The maximum Gasteiger partial charge on any atom is 0.306 e. The highest BCUT2D eigenvalue weighted by Gasteiger charge is 2.02. The van der Waals surface area contributed by atoms with Crippen LogP contribution in [0.1, 0.15) is 142 Å². The van der Waals surface area contributed by atoms with E-state index in [0.717, 1.165) is 103 Å². The van der Waals surface area contributed by atoms with Gasteiger partial charge < -0.3 is 29.3 Å². The summed E-state index contributed by atoms with van der Waals surface area (Å²) in [5.74, 6) is -3.42. The van der Waals surface area contributed by atoms with E-state index in [2.05, 4.69) is 148 Å². The van der Waals surface area contributed by atoms with Gasteiger partial charge in [-0.2, -0.15) is 0 Å². The van der Waals surface area contributed by atoms with Gasteiger partial charge in [-0.1, -0.05) is 148 Å². The molecule has 0 fully saturated rings. The van der Waals surface area contributed by atoms with Crippen LogP contribution in [-0.2, 0) is 28.7 Å². The zero-order chi connectivity index (χ0) is 42.8. The molecular weight excluding hydrogens is 729 g/mol. The number of hydrogen-bond donors (Lipinski definition) is 0. The molecule has 8 nitrogen and oxygen atoms in total. The van der Waals surface area contributed by atoms with E-state index in [4.69, 9.17) is 9.47 Å². The van der Waals surface area contributed by atoms with Crippen molar-refractivity contribution in [2.45, 2.75) is 142 Å². The zero-order valence-corrected chi connectivity index (χ0v) is 35.5. The van der Waals surface area contributed by atoms with Crippen LogP contribution >= 0.6 is 0 Å². The molecule has 0 saturated carbocycles. The van der Waals surface area contributed by atoms with Crippen molar-refractivity contribution in [3.05, 3.63) is 134 Å². The molecule has 0 amide bonds. The molecule has 0 aromatic heterocycles. The number of aliphatic carboxylic acids is 2. The fraction of sp³-hybridized carbons (Fsp3) is 0.480. The van der Waals surface area contributed by atoms with Gasteiger partial charge in [0.1, 0.15) is 0 Å². The molecule has 322 valence electrons. The Morgan fingerprint density at radius 3 is 0.897 bits per heavy atom. The van der Waals surface area contributed by atoms with Gasteiger partial charge in [0.25, 0.3) is 0 Å². The van der Waals surface area contributed by atoms with Crippen LogP contribution in [0.3, 0.4) is 0 Å². The van der Waals surface area contributed by atoms with Crippen LogP contribution in [0.5, 0.6) is 0 Å². The lowest BCUT2D eigenvalue weighted by molar-refractivity contribution is -0.307. The molecule has 0 aliphatic rings. The van der Waals surface area contributed by atoms with E-state index in [-0.39, 0.29) is 25.7 Å². The van der Waals surface area contributed by atoms with Crippen molar-refractivity contribution in [2.75, 3.05) is 13.2 Å². The predicted octanol–water partition coefficient (Wildman–Crippen LogP) is 10.5. The number of unbranched alkanes of at least 4 members (excludes halogenated alkanes) is 3. The first-order chi connectivity index (χ1) is 28.3. The molecule has 0 aromatic rings. The average Bonchev–Trinajstić information content (AvgIpc) is 3.21. The highest BCUT2D eigenvalue weighted by molar-refractivity contribution is 5.76. The van der Waals surface area contributed by atoms with Gasteiger partial charge in [0.05, 0.1) is 26.1 Å². The summed E-state index contributed by atoms with van der Waals surface area (Å²) < 4.78 is 9.88. The summed E-state index contributed by atoms with van der Waals surface area (Å²) in [5, 5.41) is 20.4. The lowest BCUT2D eigenvalue weighted by Crippen LogP contribution is -2.23. The summed E-state index contributed by atoms with van der Waals surface area (Å²) >= 11 is 0. The van der Waals surface area contributed by atoms with Gasteiger partial charge in [-0.25, -0.2) is 0 Å². The third kappa shape index (κ3) is 53.1. The first-order valence-electron chi connectivity index (χ1n) is 21.2. The number of carbonyl (C=O) groups is 4. The summed E-state index contributed by atoms with van der Waals surface area (Å²) in [4.78, 5) is 42.8. The van der Waals surface area contributed by atoms with Crippen LogP contribution in [-0.4, -0.2) is 37.1 Å². The number of rotatable bonds is 35. The second-order valence-corrected chi connectivity index (χ2v) is 12.9. The van der Waals surface area contributed by atoms with Crippen molar-refractivity contribution in [2.24, 2.45) is 0 Å². The van der Waals surface area contributed by atoms with E-state index < -0.39 is 23.9 Å². The molecule has 0 N–H and O–H groups in total. The van der Waals surface area contributed by atoms with Gasteiger partial charge in [0, 0.05) is 11.9 Å². The fourth-order valence-electron chi connectivity index (χ4n) is 4.50. The molecule has 58 heavy (non-hydrogen) atoms. The Labute approximate surface area is 351 Å². The SMILES string of the molecule is CC/C=C\C/C=C\C/C=C\C/C=C\C/C=C\C/C=C\CCCOC(=O)CCC(=O)[O-].CC/C=C\C/C=C\C/C=C\C/C=C\C/C=C\CCCCOC(=O)CCC(=O)[O-]. The Morgan fingerprint density at radius 1 is 0.345 bits per heavy atom. The van der Waals surface area contributed by atoms with Gasteiger partial charge in [0.15, 0.2) is 0 Å². The fourth-order valence-corrected chi connectivity index (χ4v) is 4.50. The van der Waals surface area contributed by atoms with Crippen molar-refractivity contribution in [3.63, 3.8) is 0 Å². The van der Waals surface area contributed by atoms with Gasteiger partial charge in [0.2, 0.25) is 0 Å². The van der Waals surface area contributed by atoms with Crippen molar-refractivity contribution < 1.29 is 38.9 Å². The largest absolute Gasteiger partial charge is 0.550 e. The molecule has 8 heteroatoms. The number of carbonyl (C=O) groups excluding carboxylic acids is 4. The number of carboxylic acids is 2. The first kappa shape index (κ1) is 55.1. The van der Waals surface area contributed by atoms with Crippen LogP contribution in [0.4, 0.5) is 0 Å². The highest BCUT2D eigenvalue weighted by Crippen LogP contribution is 2.02. The second-order valence-electron chi connectivity index (χ2n) is 12.9. The average molecular weight is 801 g/mol. The topological polar surface area (TPSA) is 133 Å². The van der Waals surface area contributed by atoms with E-state index in [1.165, 1.54) is 0 Å². The summed E-state index contributed by atoms with van der Waals surface area (Å²) in [6.07, 6.45) is 62.0. The van der Waals surface area contributed by atoms with Crippen molar-refractivity contribution in [1.29, 1.82) is 0 Å². The Hall–Kier alpha value is -4.98. The van der Waals surface area contributed by atoms with E-state index in [1.54, 1.807) is 0 Å². The predicted molar refractivity (Wildman–Crippen MR) is 236 cm³/mol. The third-order valence-electron chi connectivity index (χ3n) is 7.63. The number of esters is 2. The normalized spacial score (nSPS) is 12.4. The van der Waals surface area contributed by atoms with Crippen LogP contribution in [0, 0.1) is 0 Å². The maximum absolute atomic E-state index is 11.2. The molecule has 0 rings (SSSR count). The Kier molecular flexibility index (Phi) is 45.8. The van der Waals surface area contributed by atoms with E-state index in [1.807, 2.05) is 0 Å².